The smallest absolute Gasteiger partial charge is 0.229 e. The highest BCUT2D eigenvalue weighted by molar-refractivity contribution is 6.32. The van der Waals surface area contributed by atoms with E-state index in [1.54, 1.807) is 6.20 Å². The maximum Gasteiger partial charge on any atom is 0.229 e. The summed E-state index contributed by atoms with van der Waals surface area (Å²) in [4.78, 5) is 19.1. The van der Waals surface area contributed by atoms with Crippen LogP contribution in [0.4, 0.5) is 17.5 Å². The van der Waals surface area contributed by atoms with Crippen LogP contribution in [0.2, 0.25) is 5.02 Å². The van der Waals surface area contributed by atoms with Gasteiger partial charge in [0.15, 0.2) is 5.82 Å². The van der Waals surface area contributed by atoms with Crippen molar-refractivity contribution in [3.8, 4) is 0 Å². The number of nitrogens with one attached hydrogen (secondary N) is 2. The van der Waals surface area contributed by atoms with Crippen molar-refractivity contribution in [2.45, 2.75) is 25.3 Å². The zero-order valence-electron chi connectivity index (χ0n) is 11.3. The number of rotatable bonds is 6. The van der Waals surface area contributed by atoms with Gasteiger partial charge in [-0.05, 0) is 30.5 Å². The van der Waals surface area contributed by atoms with Gasteiger partial charge in [0.05, 0.1) is 6.20 Å². The summed E-state index contributed by atoms with van der Waals surface area (Å²) < 4.78 is 0. The molecule has 1 aliphatic carbocycles. The molecule has 3 rings (SSSR count). The van der Waals surface area contributed by atoms with Crippen LogP contribution in [0.3, 0.4) is 0 Å². The molecular weight excluding hydrogens is 288 g/mol. The average Bonchev–Trinajstić information content (AvgIpc) is 3.27. The van der Waals surface area contributed by atoms with Crippen LogP contribution in [0.15, 0.2) is 30.5 Å². The molecule has 1 aromatic heterocycles. The van der Waals surface area contributed by atoms with Gasteiger partial charge in [-0.25, -0.2) is 4.98 Å². The molecule has 1 fully saturated rings. The van der Waals surface area contributed by atoms with Crippen LogP contribution in [0.25, 0.3) is 0 Å². The summed E-state index contributed by atoms with van der Waals surface area (Å²) in [6.07, 6.45) is 5.16. The van der Waals surface area contributed by atoms with E-state index in [-0.39, 0.29) is 0 Å². The van der Waals surface area contributed by atoms with Gasteiger partial charge in [0.2, 0.25) is 5.95 Å². The maximum atomic E-state index is 10.6. The van der Waals surface area contributed by atoms with E-state index in [4.69, 9.17) is 11.6 Å². The van der Waals surface area contributed by atoms with Gasteiger partial charge in [0.25, 0.3) is 0 Å². The number of aromatic nitrogens is 2. The van der Waals surface area contributed by atoms with Crippen molar-refractivity contribution in [3.63, 3.8) is 0 Å². The minimum Gasteiger partial charge on any atom is -0.366 e. The molecule has 6 heteroatoms. The van der Waals surface area contributed by atoms with Crippen molar-refractivity contribution in [2.75, 3.05) is 10.6 Å². The predicted molar refractivity (Wildman–Crippen MR) is 83.2 cm³/mol. The van der Waals surface area contributed by atoms with Gasteiger partial charge in [-0.1, -0.05) is 23.7 Å². The molecule has 5 nitrogen and oxygen atoms in total. The van der Waals surface area contributed by atoms with E-state index in [0.29, 0.717) is 29.3 Å². The topological polar surface area (TPSA) is 66.9 Å². The molecule has 0 spiro atoms. The second-order valence-electron chi connectivity index (χ2n) is 5.00. The van der Waals surface area contributed by atoms with E-state index in [1.165, 1.54) is 0 Å². The quantitative estimate of drug-likeness (QED) is 0.802. The van der Waals surface area contributed by atoms with E-state index < -0.39 is 0 Å². The fraction of sp³-hybridized carbons (Fsp3) is 0.267. The van der Waals surface area contributed by atoms with Crippen LogP contribution in [0.5, 0.6) is 0 Å². The summed E-state index contributed by atoms with van der Waals surface area (Å²) in [6.45, 7) is 0. The summed E-state index contributed by atoms with van der Waals surface area (Å²) in [5.74, 6) is 1.13. The van der Waals surface area contributed by atoms with E-state index in [9.17, 15) is 4.79 Å². The zero-order valence-corrected chi connectivity index (χ0v) is 12.1. The molecule has 108 valence electrons. The van der Waals surface area contributed by atoms with Crippen molar-refractivity contribution in [2.24, 2.45) is 0 Å². The lowest BCUT2D eigenvalue weighted by Crippen LogP contribution is -2.06. The van der Waals surface area contributed by atoms with E-state index in [1.807, 2.05) is 24.3 Å². The SMILES string of the molecule is O=CCc1cccc(Nc2ncc(Cl)c(NC3CC3)n2)c1. The first kappa shape index (κ1) is 13.8. The first-order valence-corrected chi connectivity index (χ1v) is 7.21. The van der Waals surface area contributed by atoms with Crippen molar-refractivity contribution < 1.29 is 4.79 Å². The van der Waals surface area contributed by atoms with Crippen molar-refractivity contribution in [3.05, 3.63) is 41.0 Å². The monoisotopic (exact) mass is 302 g/mol. The first-order valence-electron chi connectivity index (χ1n) is 6.83. The second-order valence-corrected chi connectivity index (χ2v) is 5.41. The van der Waals surface area contributed by atoms with Crippen LogP contribution in [-0.2, 0) is 11.2 Å². The normalized spacial score (nSPS) is 13.8. The van der Waals surface area contributed by atoms with E-state index in [2.05, 4.69) is 20.6 Å². The molecule has 2 N–H and O–H groups in total. The highest BCUT2D eigenvalue weighted by Gasteiger charge is 2.22. The molecule has 0 saturated heterocycles. The van der Waals surface area contributed by atoms with Crippen LogP contribution in [0, 0.1) is 0 Å². The summed E-state index contributed by atoms with van der Waals surface area (Å²) in [5.41, 5.74) is 1.79. The number of aldehydes is 1. The molecule has 0 atom stereocenters. The number of benzene rings is 1. The Balaban J connectivity index is 1.77. The Morgan fingerprint density at radius 3 is 3.00 bits per heavy atom. The Bertz CT molecular complexity index is 658. The third-order valence-corrected chi connectivity index (χ3v) is 3.44. The molecular formula is C15H15ClN4O. The first-order chi connectivity index (χ1) is 10.2. The molecule has 0 aliphatic heterocycles. The number of carbonyl (C=O) groups is 1. The average molecular weight is 303 g/mol. The predicted octanol–water partition coefficient (Wildman–Crippen LogP) is 3.19. The molecule has 0 bridgehead atoms. The number of hydrogen-bond acceptors (Lipinski definition) is 5. The van der Waals surface area contributed by atoms with Gasteiger partial charge in [-0.3, -0.25) is 0 Å². The van der Waals surface area contributed by atoms with Crippen molar-refractivity contribution >= 4 is 35.3 Å². The van der Waals surface area contributed by atoms with Crippen LogP contribution in [-0.4, -0.2) is 22.3 Å². The Kier molecular flexibility index (Phi) is 4.01. The number of halogens is 1. The largest absolute Gasteiger partial charge is 0.366 e. The van der Waals surface area contributed by atoms with Gasteiger partial charge < -0.3 is 15.4 Å². The molecule has 21 heavy (non-hydrogen) atoms. The zero-order chi connectivity index (χ0) is 14.7. The Hall–Kier alpha value is -2.14. The van der Waals surface area contributed by atoms with Gasteiger partial charge in [0.1, 0.15) is 11.3 Å². The summed E-state index contributed by atoms with van der Waals surface area (Å²) in [5, 5.41) is 6.92. The highest BCUT2D eigenvalue weighted by atomic mass is 35.5. The Labute approximate surface area is 127 Å². The minimum absolute atomic E-state index is 0.394. The van der Waals surface area contributed by atoms with Gasteiger partial charge >= 0.3 is 0 Å². The molecule has 0 radical (unpaired) electrons. The van der Waals surface area contributed by atoms with Crippen LogP contribution < -0.4 is 10.6 Å². The second kappa shape index (κ2) is 6.10. The Morgan fingerprint density at radius 2 is 2.24 bits per heavy atom. The molecule has 1 heterocycles. The van der Waals surface area contributed by atoms with Crippen LogP contribution in [0.1, 0.15) is 18.4 Å². The fourth-order valence-electron chi connectivity index (χ4n) is 1.95. The fourth-order valence-corrected chi connectivity index (χ4v) is 2.10. The summed E-state index contributed by atoms with van der Waals surface area (Å²) >= 11 is 6.08. The standard InChI is InChI=1S/C15H15ClN4O/c16-13-9-17-15(20-14(13)18-11-4-5-11)19-12-3-1-2-10(8-12)6-7-21/h1-3,7-9,11H,4-6H2,(H2,17,18,19,20). The highest BCUT2D eigenvalue weighted by Crippen LogP contribution is 2.28. The van der Waals surface area contributed by atoms with E-state index >= 15 is 0 Å². The number of hydrogen-bond donors (Lipinski definition) is 2. The Morgan fingerprint density at radius 1 is 1.38 bits per heavy atom. The van der Waals surface area contributed by atoms with Gasteiger partial charge in [0, 0.05) is 18.2 Å². The third-order valence-electron chi connectivity index (χ3n) is 3.16. The lowest BCUT2D eigenvalue weighted by atomic mass is 10.1. The minimum atomic E-state index is 0.394. The molecule has 1 aliphatic rings. The summed E-state index contributed by atoms with van der Waals surface area (Å²) in [7, 11) is 0. The van der Waals surface area contributed by atoms with Crippen molar-refractivity contribution in [1.82, 2.24) is 9.97 Å². The lowest BCUT2D eigenvalue weighted by molar-refractivity contribution is -0.107. The maximum absolute atomic E-state index is 10.6. The number of anilines is 3. The lowest BCUT2D eigenvalue weighted by Gasteiger charge is -2.10. The third kappa shape index (κ3) is 3.70. The number of nitrogens with zero attached hydrogens (tertiary/aromatic N) is 2. The van der Waals surface area contributed by atoms with Crippen LogP contribution >= 0.6 is 11.6 Å². The van der Waals surface area contributed by atoms with E-state index in [0.717, 1.165) is 30.4 Å². The molecule has 1 saturated carbocycles. The number of carbonyl (C=O) groups excluding carboxylic acids is 1. The molecule has 1 aromatic carbocycles. The van der Waals surface area contributed by atoms with Gasteiger partial charge in [-0.15, -0.1) is 0 Å². The molecule has 0 amide bonds. The molecule has 2 aromatic rings. The van der Waals surface area contributed by atoms with Gasteiger partial charge in [-0.2, -0.15) is 4.98 Å². The summed E-state index contributed by atoms with van der Waals surface area (Å²) in [6, 6.07) is 8.07. The van der Waals surface area contributed by atoms with Crippen molar-refractivity contribution in [1.29, 1.82) is 0 Å². The molecule has 0 unspecified atom stereocenters.